The van der Waals surface area contributed by atoms with Crippen molar-refractivity contribution >= 4 is 28.8 Å². The smallest absolute Gasteiger partial charge is 0.332 e. The van der Waals surface area contributed by atoms with E-state index in [1.807, 2.05) is 24.3 Å². The maximum Gasteiger partial charge on any atom is 0.332 e. The summed E-state index contributed by atoms with van der Waals surface area (Å²) in [6.07, 6.45) is 0.623. The number of nitrogens with zero attached hydrogens (tertiary/aromatic N) is 4. The average molecular weight is 418 g/mol. The quantitative estimate of drug-likeness (QED) is 0.235. The van der Waals surface area contributed by atoms with Gasteiger partial charge in [-0.2, -0.15) is 0 Å². The average Bonchev–Trinajstić information content (AvgIpc) is 3.11. The minimum atomic E-state index is -0.460. The fraction of sp³-hybridized carbons (Fsp3) is 0.333. The SMILES string of the molecule is COc1ccc(CCn2c(SCC(=O)NN)nc3c2c(=O)n(C)c(=O)n3C)cc1. The van der Waals surface area contributed by atoms with Crippen molar-refractivity contribution in [1.82, 2.24) is 24.1 Å². The molecule has 0 aliphatic rings. The molecule has 154 valence electrons. The summed E-state index contributed by atoms with van der Waals surface area (Å²) in [5.74, 6) is 5.57. The zero-order valence-corrected chi connectivity index (χ0v) is 17.2. The van der Waals surface area contributed by atoms with Crippen LogP contribution in [0.25, 0.3) is 11.2 Å². The Morgan fingerprint density at radius 3 is 2.52 bits per heavy atom. The summed E-state index contributed by atoms with van der Waals surface area (Å²) in [5, 5.41) is 0.468. The molecule has 0 bridgehead atoms. The van der Waals surface area contributed by atoms with Gasteiger partial charge in [0.2, 0.25) is 5.91 Å². The van der Waals surface area contributed by atoms with Gasteiger partial charge in [-0.1, -0.05) is 23.9 Å². The molecule has 0 saturated carbocycles. The first kappa shape index (κ1) is 20.7. The molecule has 3 aromatic rings. The van der Waals surface area contributed by atoms with Crippen molar-refractivity contribution in [2.75, 3.05) is 12.9 Å². The predicted octanol–water partition coefficient (Wildman–Crippen LogP) is -0.233. The fourth-order valence-electron chi connectivity index (χ4n) is 2.95. The molecule has 0 unspecified atom stereocenters. The van der Waals surface area contributed by atoms with Crippen molar-refractivity contribution in [1.29, 1.82) is 0 Å². The van der Waals surface area contributed by atoms with Crippen LogP contribution in [0.1, 0.15) is 5.56 Å². The molecule has 11 heteroatoms. The zero-order valence-electron chi connectivity index (χ0n) is 16.3. The molecule has 2 aromatic heterocycles. The third-order valence-electron chi connectivity index (χ3n) is 4.59. The maximum absolute atomic E-state index is 12.8. The molecule has 0 saturated heterocycles. The van der Waals surface area contributed by atoms with Gasteiger partial charge in [0.05, 0.1) is 12.9 Å². The molecule has 3 N–H and O–H groups in total. The van der Waals surface area contributed by atoms with Gasteiger partial charge in [-0.25, -0.2) is 15.6 Å². The van der Waals surface area contributed by atoms with Crippen LogP contribution in [0, 0.1) is 0 Å². The first-order chi connectivity index (χ1) is 13.9. The van der Waals surface area contributed by atoms with Crippen molar-refractivity contribution in [3.8, 4) is 5.75 Å². The van der Waals surface area contributed by atoms with Crippen molar-refractivity contribution in [3.05, 3.63) is 50.7 Å². The summed E-state index contributed by atoms with van der Waals surface area (Å²) in [6, 6.07) is 7.62. The molecule has 0 spiro atoms. The number of ether oxygens (including phenoxy) is 1. The lowest BCUT2D eigenvalue weighted by Crippen LogP contribution is -2.37. The minimum Gasteiger partial charge on any atom is -0.497 e. The number of benzene rings is 1. The molecular formula is C18H22N6O4S. The molecule has 29 heavy (non-hydrogen) atoms. The van der Waals surface area contributed by atoms with Crippen LogP contribution in [0.15, 0.2) is 39.0 Å². The Hall–Kier alpha value is -3.05. The van der Waals surface area contributed by atoms with Gasteiger partial charge in [0, 0.05) is 20.6 Å². The second kappa shape index (κ2) is 8.53. The second-order valence-electron chi connectivity index (χ2n) is 6.38. The third-order valence-corrected chi connectivity index (χ3v) is 5.57. The molecule has 0 aliphatic carbocycles. The lowest BCUT2D eigenvalue weighted by atomic mass is 10.1. The number of imidazole rings is 1. The van der Waals surface area contributed by atoms with Crippen molar-refractivity contribution in [2.45, 2.75) is 18.1 Å². The Morgan fingerprint density at radius 2 is 1.90 bits per heavy atom. The lowest BCUT2D eigenvalue weighted by Gasteiger charge is -2.10. The predicted molar refractivity (Wildman–Crippen MR) is 110 cm³/mol. The van der Waals surface area contributed by atoms with Crippen LogP contribution in [0.4, 0.5) is 0 Å². The minimum absolute atomic E-state index is 0.0383. The Labute approximate surface area is 170 Å². The van der Waals surface area contributed by atoms with Gasteiger partial charge >= 0.3 is 5.69 Å². The number of rotatable bonds is 7. The first-order valence-corrected chi connectivity index (χ1v) is 9.77. The van der Waals surface area contributed by atoms with E-state index in [0.29, 0.717) is 23.6 Å². The number of nitrogens with one attached hydrogen (secondary N) is 1. The van der Waals surface area contributed by atoms with E-state index in [0.717, 1.165) is 27.6 Å². The van der Waals surface area contributed by atoms with E-state index < -0.39 is 11.2 Å². The van der Waals surface area contributed by atoms with Gasteiger partial charge in [0.25, 0.3) is 5.56 Å². The van der Waals surface area contributed by atoms with E-state index in [1.54, 1.807) is 18.7 Å². The van der Waals surface area contributed by atoms with Crippen molar-refractivity contribution < 1.29 is 9.53 Å². The Balaban J connectivity index is 2.04. The van der Waals surface area contributed by atoms with Gasteiger partial charge in [-0.05, 0) is 24.1 Å². The number of hydrogen-bond donors (Lipinski definition) is 2. The molecular weight excluding hydrogens is 396 g/mol. The number of carbonyl (C=O) groups excluding carboxylic acids is 1. The topological polar surface area (TPSA) is 126 Å². The van der Waals surface area contributed by atoms with Crippen LogP contribution < -0.4 is 27.3 Å². The van der Waals surface area contributed by atoms with E-state index in [-0.39, 0.29) is 17.3 Å². The lowest BCUT2D eigenvalue weighted by molar-refractivity contribution is -0.118. The Bertz CT molecular complexity index is 1160. The number of methoxy groups -OCH3 is 1. The van der Waals surface area contributed by atoms with Crippen molar-refractivity contribution in [2.24, 2.45) is 19.9 Å². The molecule has 2 heterocycles. The molecule has 0 fully saturated rings. The molecule has 0 radical (unpaired) electrons. The molecule has 3 rings (SSSR count). The van der Waals surface area contributed by atoms with Crippen LogP contribution >= 0.6 is 11.8 Å². The Kier molecular flexibility index (Phi) is 6.09. The van der Waals surface area contributed by atoms with Crippen LogP contribution in [0.2, 0.25) is 0 Å². The summed E-state index contributed by atoms with van der Waals surface area (Å²) in [7, 11) is 4.60. The molecule has 1 aromatic carbocycles. The van der Waals surface area contributed by atoms with Crippen molar-refractivity contribution in [3.63, 3.8) is 0 Å². The maximum atomic E-state index is 12.8. The van der Waals surface area contributed by atoms with Crippen LogP contribution in [0.5, 0.6) is 5.75 Å². The fourth-order valence-corrected chi connectivity index (χ4v) is 3.78. The zero-order chi connectivity index (χ0) is 21.1. The summed E-state index contributed by atoms with van der Waals surface area (Å²) < 4.78 is 9.29. The second-order valence-corrected chi connectivity index (χ2v) is 7.32. The van der Waals surface area contributed by atoms with Crippen LogP contribution in [0.3, 0.4) is 0 Å². The largest absolute Gasteiger partial charge is 0.497 e. The van der Waals surface area contributed by atoms with Crippen LogP contribution in [-0.2, 0) is 31.9 Å². The standard InChI is InChI=1S/C18H22N6O4S/c1-22-15-14(16(26)23(2)18(22)27)24(17(20-15)29-10-13(25)21-19)9-8-11-4-6-12(28-3)7-5-11/h4-7H,8-10,19H2,1-3H3,(H,21,25). The summed E-state index contributed by atoms with van der Waals surface area (Å²) in [5.41, 5.74) is 2.82. The normalized spacial score (nSPS) is 11.0. The summed E-state index contributed by atoms with van der Waals surface area (Å²) in [4.78, 5) is 41.1. The summed E-state index contributed by atoms with van der Waals surface area (Å²) >= 11 is 1.15. The Morgan fingerprint density at radius 1 is 1.21 bits per heavy atom. The molecule has 0 aliphatic heterocycles. The van der Waals surface area contributed by atoms with E-state index >= 15 is 0 Å². The highest BCUT2D eigenvalue weighted by Gasteiger charge is 2.20. The number of hydrogen-bond acceptors (Lipinski definition) is 7. The molecule has 10 nitrogen and oxygen atoms in total. The van der Waals surface area contributed by atoms with Gasteiger partial charge in [-0.15, -0.1) is 0 Å². The van der Waals surface area contributed by atoms with E-state index in [1.165, 1.54) is 11.6 Å². The highest BCUT2D eigenvalue weighted by molar-refractivity contribution is 7.99. The van der Waals surface area contributed by atoms with Crippen LogP contribution in [-0.4, -0.2) is 37.5 Å². The number of aromatic nitrogens is 4. The van der Waals surface area contributed by atoms with Gasteiger partial charge in [0.15, 0.2) is 16.3 Å². The first-order valence-electron chi connectivity index (χ1n) is 8.78. The number of fused-ring (bicyclic) bond motifs is 1. The number of carbonyl (C=O) groups is 1. The van der Waals surface area contributed by atoms with E-state index in [2.05, 4.69) is 10.4 Å². The van der Waals surface area contributed by atoms with Gasteiger partial charge in [0.1, 0.15) is 5.75 Å². The van der Waals surface area contributed by atoms with Gasteiger partial charge < -0.3 is 9.30 Å². The number of thioether (sulfide) groups is 1. The van der Waals surface area contributed by atoms with Gasteiger partial charge in [-0.3, -0.25) is 24.1 Å². The highest BCUT2D eigenvalue weighted by atomic mass is 32.2. The number of hydrazine groups is 1. The number of nitrogens with two attached hydrogens (primary N) is 1. The number of aryl methyl sites for hydroxylation is 3. The highest BCUT2D eigenvalue weighted by Crippen LogP contribution is 2.22. The third kappa shape index (κ3) is 4.05. The molecule has 1 amide bonds. The summed E-state index contributed by atoms with van der Waals surface area (Å²) in [6.45, 7) is 0.447. The monoisotopic (exact) mass is 418 g/mol. The van der Waals surface area contributed by atoms with E-state index in [4.69, 9.17) is 10.6 Å². The number of amides is 1. The molecule has 0 atom stereocenters. The van der Waals surface area contributed by atoms with E-state index in [9.17, 15) is 14.4 Å².